The summed E-state index contributed by atoms with van der Waals surface area (Å²) in [6.45, 7) is 1.92. The average molecular weight is 290 g/mol. The molecule has 0 aliphatic heterocycles. The summed E-state index contributed by atoms with van der Waals surface area (Å²) in [4.78, 5) is 12.6. The Balaban J connectivity index is 1.91. The zero-order valence-electron chi connectivity index (χ0n) is 12.5. The molecule has 2 aromatic carbocycles. The molecule has 0 aliphatic carbocycles. The Bertz CT molecular complexity index is 742. The van der Waals surface area contributed by atoms with Crippen LogP contribution in [0.4, 0.5) is 0 Å². The van der Waals surface area contributed by atoms with Crippen LogP contribution >= 0.6 is 0 Å². The molecule has 3 aromatic rings. The normalized spacial score (nSPS) is 12.0. The third-order valence-corrected chi connectivity index (χ3v) is 3.79. The van der Waals surface area contributed by atoms with Crippen LogP contribution in [0.15, 0.2) is 77.2 Å². The quantitative estimate of drug-likeness (QED) is 0.619. The second kappa shape index (κ2) is 6.44. The number of carbonyl (C=O) groups excluding carboxylic acids is 1. The van der Waals surface area contributed by atoms with E-state index in [0.717, 1.165) is 22.6 Å². The molecular formula is C20H18O2. The van der Waals surface area contributed by atoms with E-state index in [0.29, 0.717) is 6.42 Å². The van der Waals surface area contributed by atoms with Gasteiger partial charge in [0, 0.05) is 17.9 Å². The lowest BCUT2D eigenvalue weighted by Crippen LogP contribution is -2.08. The Labute approximate surface area is 130 Å². The highest BCUT2D eigenvalue weighted by Gasteiger charge is 2.21. The smallest absolute Gasteiger partial charge is 0.163 e. The first-order chi connectivity index (χ1) is 10.7. The first-order valence-electron chi connectivity index (χ1n) is 7.43. The molecule has 0 N–H and O–H groups in total. The zero-order valence-corrected chi connectivity index (χ0v) is 12.5. The number of carbonyl (C=O) groups is 1. The number of aryl methyl sites for hydroxylation is 1. The van der Waals surface area contributed by atoms with Crippen LogP contribution in [0, 0.1) is 6.92 Å². The fourth-order valence-electron chi connectivity index (χ4n) is 2.64. The molecule has 0 bridgehead atoms. The Morgan fingerprint density at radius 2 is 1.55 bits per heavy atom. The van der Waals surface area contributed by atoms with Gasteiger partial charge in [-0.1, -0.05) is 60.7 Å². The summed E-state index contributed by atoms with van der Waals surface area (Å²) < 4.78 is 5.78. The van der Waals surface area contributed by atoms with E-state index in [-0.39, 0.29) is 11.7 Å². The van der Waals surface area contributed by atoms with E-state index in [1.807, 2.05) is 79.7 Å². The number of hydrogen-bond acceptors (Lipinski definition) is 2. The van der Waals surface area contributed by atoms with E-state index < -0.39 is 0 Å². The summed E-state index contributed by atoms with van der Waals surface area (Å²) in [6.07, 6.45) is 0.404. The van der Waals surface area contributed by atoms with Crippen molar-refractivity contribution in [2.45, 2.75) is 19.3 Å². The van der Waals surface area contributed by atoms with Crippen molar-refractivity contribution in [3.63, 3.8) is 0 Å². The molecule has 2 nitrogen and oxygen atoms in total. The SMILES string of the molecule is Cc1ccc(C(CC(=O)c2ccccc2)c2ccccc2)o1. The molecule has 1 atom stereocenters. The van der Waals surface area contributed by atoms with Crippen molar-refractivity contribution in [3.05, 3.63) is 95.4 Å². The van der Waals surface area contributed by atoms with E-state index in [9.17, 15) is 4.79 Å². The van der Waals surface area contributed by atoms with Crippen LogP contribution in [0.3, 0.4) is 0 Å². The minimum atomic E-state index is -0.0531. The maximum atomic E-state index is 12.6. The zero-order chi connectivity index (χ0) is 15.4. The van der Waals surface area contributed by atoms with Crippen LogP contribution < -0.4 is 0 Å². The highest BCUT2D eigenvalue weighted by Crippen LogP contribution is 2.30. The summed E-state index contributed by atoms with van der Waals surface area (Å²) >= 11 is 0. The monoisotopic (exact) mass is 290 g/mol. The van der Waals surface area contributed by atoms with Gasteiger partial charge in [0.25, 0.3) is 0 Å². The molecule has 1 unspecified atom stereocenters. The molecule has 0 saturated carbocycles. The lowest BCUT2D eigenvalue weighted by molar-refractivity contribution is 0.0975. The molecule has 3 rings (SSSR count). The molecule has 22 heavy (non-hydrogen) atoms. The van der Waals surface area contributed by atoms with Crippen molar-refractivity contribution < 1.29 is 9.21 Å². The van der Waals surface area contributed by atoms with Gasteiger partial charge in [-0.25, -0.2) is 0 Å². The Morgan fingerprint density at radius 1 is 0.909 bits per heavy atom. The van der Waals surface area contributed by atoms with Crippen molar-refractivity contribution in [3.8, 4) is 0 Å². The van der Waals surface area contributed by atoms with Gasteiger partial charge in [-0.05, 0) is 24.6 Å². The third kappa shape index (κ3) is 3.17. The molecule has 0 aliphatic rings. The molecule has 0 fully saturated rings. The maximum Gasteiger partial charge on any atom is 0.163 e. The van der Waals surface area contributed by atoms with E-state index in [1.54, 1.807) is 0 Å². The number of ketones is 1. The molecule has 0 radical (unpaired) electrons. The third-order valence-electron chi connectivity index (χ3n) is 3.79. The van der Waals surface area contributed by atoms with Crippen molar-refractivity contribution in [2.75, 3.05) is 0 Å². The molecule has 1 heterocycles. The average Bonchev–Trinajstić information content (AvgIpc) is 3.00. The number of hydrogen-bond donors (Lipinski definition) is 0. The Morgan fingerprint density at radius 3 is 2.14 bits per heavy atom. The van der Waals surface area contributed by atoms with Gasteiger partial charge in [0.15, 0.2) is 5.78 Å². The first-order valence-corrected chi connectivity index (χ1v) is 7.43. The summed E-state index contributed by atoms with van der Waals surface area (Å²) in [5.41, 5.74) is 1.84. The molecule has 110 valence electrons. The molecule has 0 spiro atoms. The predicted molar refractivity (Wildman–Crippen MR) is 87.1 cm³/mol. The number of rotatable bonds is 5. The topological polar surface area (TPSA) is 30.2 Å². The van der Waals surface area contributed by atoms with Gasteiger partial charge < -0.3 is 4.42 Å². The van der Waals surface area contributed by atoms with Crippen molar-refractivity contribution in [1.29, 1.82) is 0 Å². The van der Waals surface area contributed by atoms with Gasteiger partial charge in [0.05, 0.1) is 0 Å². The number of Topliss-reactive ketones (excluding diaryl/α,β-unsaturated/α-hetero) is 1. The van der Waals surface area contributed by atoms with Crippen LogP contribution in [-0.4, -0.2) is 5.78 Å². The molecule has 2 heteroatoms. The Kier molecular flexibility index (Phi) is 4.19. The largest absolute Gasteiger partial charge is 0.466 e. The van der Waals surface area contributed by atoms with Crippen LogP contribution in [0.2, 0.25) is 0 Å². The van der Waals surface area contributed by atoms with Crippen molar-refractivity contribution >= 4 is 5.78 Å². The lowest BCUT2D eigenvalue weighted by atomic mass is 9.89. The van der Waals surface area contributed by atoms with Crippen LogP contribution in [-0.2, 0) is 0 Å². The maximum absolute atomic E-state index is 12.6. The highest BCUT2D eigenvalue weighted by atomic mass is 16.3. The standard InChI is InChI=1S/C20H18O2/c1-15-12-13-20(22-15)18(16-8-4-2-5-9-16)14-19(21)17-10-6-3-7-11-17/h2-13,18H,14H2,1H3. The number of benzene rings is 2. The van der Waals surface area contributed by atoms with E-state index in [1.165, 1.54) is 0 Å². The van der Waals surface area contributed by atoms with Crippen molar-refractivity contribution in [2.24, 2.45) is 0 Å². The second-order valence-corrected chi connectivity index (χ2v) is 5.41. The van der Waals surface area contributed by atoms with Gasteiger partial charge in [-0.2, -0.15) is 0 Å². The molecule has 0 amide bonds. The molecule has 0 saturated heterocycles. The van der Waals surface area contributed by atoms with Gasteiger partial charge in [0.1, 0.15) is 11.5 Å². The Hall–Kier alpha value is -2.61. The van der Waals surface area contributed by atoms with Gasteiger partial charge in [0.2, 0.25) is 0 Å². The number of furan rings is 1. The minimum Gasteiger partial charge on any atom is -0.466 e. The predicted octanol–water partition coefficient (Wildman–Crippen LogP) is 4.99. The highest BCUT2D eigenvalue weighted by molar-refractivity contribution is 5.96. The van der Waals surface area contributed by atoms with Crippen LogP contribution in [0.1, 0.15) is 39.8 Å². The fourth-order valence-corrected chi connectivity index (χ4v) is 2.64. The summed E-state index contributed by atoms with van der Waals surface area (Å²) in [6, 6.07) is 23.4. The first kappa shape index (κ1) is 14.3. The van der Waals surface area contributed by atoms with E-state index in [2.05, 4.69) is 0 Å². The van der Waals surface area contributed by atoms with E-state index >= 15 is 0 Å². The lowest BCUT2D eigenvalue weighted by Gasteiger charge is -2.14. The molecular weight excluding hydrogens is 272 g/mol. The van der Waals surface area contributed by atoms with Crippen LogP contribution in [0.25, 0.3) is 0 Å². The second-order valence-electron chi connectivity index (χ2n) is 5.41. The fraction of sp³-hybridized carbons (Fsp3) is 0.150. The van der Waals surface area contributed by atoms with Crippen molar-refractivity contribution in [1.82, 2.24) is 0 Å². The summed E-state index contributed by atoms with van der Waals surface area (Å²) in [5, 5.41) is 0. The van der Waals surface area contributed by atoms with Gasteiger partial charge in [-0.15, -0.1) is 0 Å². The minimum absolute atomic E-state index is 0.0531. The summed E-state index contributed by atoms with van der Waals surface area (Å²) in [7, 11) is 0. The van der Waals surface area contributed by atoms with Gasteiger partial charge >= 0.3 is 0 Å². The summed E-state index contributed by atoms with van der Waals surface area (Å²) in [5.74, 6) is 1.78. The van der Waals surface area contributed by atoms with Gasteiger partial charge in [-0.3, -0.25) is 4.79 Å². The van der Waals surface area contributed by atoms with E-state index in [4.69, 9.17) is 4.42 Å². The molecule has 1 aromatic heterocycles. The van der Waals surface area contributed by atoms with Crippen LogP contribution in [0.5, 0.6) is 0 Å².